The van der Waals surface area contributed by atoms with E-state index in [1.54, 1.807) is 34.9 Å². The number of hydrogen-bond acceptors (Lipinski definition) is 3. The van der Waals surface area contributed by atoms with Gasteiger partial charge in [-0.3, -0.25) is 9.20 Å². The standard InChI is InChI=1S/C18H15ClN4O/c1-2-15-17(23-11-14(19)7-8-16(23)22-15)18(24)21-10-13-5-3-12(9-20)4-6-13/h3-8,11H,2,10H2,1H3,(H,21,24). The van der Waals surface area contributed by atoms with Gasteiger partial charge in [0, 0.05) is 12.7 Å². The summed E-state index contributed by atoms with van der Waals surface area (Å²) in [6, 6.07) is 12.7. The Morgan fingerprint density at radius 3 is 2.71 bits per heavy atom. The summed E-state index contributed by atoms with van der Waals surface area (Å²) < 4.78 is 1.72. The summed E-state index contributed by atoms with van der Waals surface area (Å²) >= 11 is 6.04. The van der Waals surface area contributed by atoms with Gasteiger partial charge in [0.15, 0.2) is 0 Å². The van der Waals surface area contributed by atoms with Crippen LogP contribution in [0.4, 0.5) is 0 Å². The first-order chi connectivity index (χ1) is 11.6. The third-order valence-electron chi connectivity index (χ3n) is 3.74. The van der Waals surface area contributed by atoms with Crippen molar-refractivity contribution >= 4 is 23.2 Å². The molecule has 1 amide bonds. The second-order valence-electron chi connectivity index (χ2n) is 5.33. The van der Waals surface area contributed by atoms with E-state index in [4.69, 9.17) is 16.9 Å². The molecule has 120 valence electrons. The SMILES string of the molecule is CCc1nc2ccc(Cl)cn2c1C(=O)NCc1ccc(C#N)cc1. The maximum absolute atomic E-state index is 12.6. The molecule has 0 atom stereocenters. The first kappa shape index (κ1) is 16.0. The van der Waals surface area contributed by atoms with Gasteiger partial charge in [0.25, 0.3) is 5.91 Å². The Hall–Kier alpha value is -2.84. The maximum atomic E-state index is 12.6. The summed E-state index contributed by atoms with van der Waals surface area (Å²) in [7, 11) is 0. The van der Waals surface area contributed by atoms with Gasteiger partial charge in [-0.25, -0.2) is 4.98 Å². The number of hydrogen-bond donors (Lipinski definition) is 1. The highest BCUT2D eigenvalue weighted by Gasteiger charge is 2.18. The highest BCUT2D eigenvalue weighted by atomic mass is 35.5. The smallest absolute Gasteiger partial charge is 0.270 e. The zero-order valence-corrected chi connectivity index (χ0v) is 13.8. The number of nitrogens with zero attached hydrogens (tertiary/aromatic N) is 3. The molecule has 5 nitrogen and oxygen atoms in total. The van der Waals surface area contributed by atoms with Crippen LogP contribution in [0.15, 0.2) is 42.6 Å². The molecule has 0 fully saturated rings. The molecule has 1 N–H and O–H groups in total. The van der Waals surface area contributed by atoms with Crippen molar-refractivity contribution in [2.45, 2.75) is 19.9 Å². The van der Waals surface area contributed by atoms with Crippen LogP contribution >= 0.6 is 11.6 Å². The fourth-order valence-corrected chi connectivity index (χ4v) is 2.68. The molecule has 6 heteroatoms. The van der Waals surface area contributed by atoms with Crippen LogP contribution < -0.4 is 5.32 Å². The summed E-state index contributed by atoms with van der Waals surface area (Å²) in [6.45, 7) is 2.34. The summed E-state index contributed by atoms with van der Waals surface area (Å²) in [6.07, 6.45) is 2.35. The molecule has 0 spiro atoms. The van der Waals surface area contributed by atoms with Gasteiger partial charge in [0.05, 0.1) is 22.3 Å². The Bertz CT molecular complexity index is 938. The van der Waals surface area contributed by atoms with Crippen molar-refractivity contribution in [3.8, 4) is 6.07 Å². The summed E-state index contributed by atoms with van der Waals surface area (Å²) in [4.78, 5) is 17.1. The molecule has 24 heavy (non-hydrogen) atoms. The highest BCUT2D eigenvalue weighted by Crippen LogP contribution is 2.17. The average molecular weight is 339 g/mol. The minimum Gasteiger partial charge on any atom is -0.347 e. The molecule has 0 bridgehead atoms. The minimum atomic E-state index is -0.203. The number of pyridine rings is 1. The van der Waals surface area contributed by atoms with E-state index >= 15 is 0 Å². The first-order valence-electron chi connectivity index (χ1n) is 7.56. The highest BCUT2D eigenvalue weighted by molar-refractivity contribution is 6.30. The zero-order chi connectivity index (χ0) is 17.1. The van der Waals surface area contributed by atoms with E-state index in [-0.39, 0.29) is 5.91 Å². The molecule has 2 aromatic heterocycles. The minimum absolute atomic E-state index is 0.203. The first-order valence-corrected chi connectivity index (χ1v) is 7.94. The lowest BCUT2D eigenvalue weighted by atomic mass is 10.1. The van der Waals surface area contributed by atoms with E-state index in [1.807, 2.05) is 19.1 Å². The number of nitriles is 1. The van der Waals surface area contributed by atoms with Gasteiger partial charge in [-0.05, 0) is 36.2 Å². The number of fused-ring (bicyclic) bond motifs is 1. The van der Waals surface area contributed by atoms with Crippen LogP contribution in [-0.2, 0) is 13.0 Å². The molecular weight excluding hydrogens is 324 g/mol. The Labute approximate surface area is 144 Å². The molecule has 0 aliphatic heterocycles. The van der Waals surface area contributed by atoms with Crippen molar-refractivity contribution in [1.29, 1.82) is 5.26 Å². The molecular formula is C18H15ClN4O. The summed E-state index contributed by atoms with van der Waals surface area (Å²) in [5.74, 6) is -0.203. The van der Waals surface area contributed by atoms with Gasteiger partial charge >= 0.3 is 0 Å². The van der Waals surface area contributed by atoms with E-state index in [0.717, 1.165) is 11.3 Å². The Kier molecular flexibility index (Phi) is 4.50. The van der Waals surface area contributed by atoms with Gasteiger partial charge in [-0.2, -0.15) is 5.26 Å². The van der Waals surface area contributed by atoms with E-state index in [1.165, 1.54) is 0 Å². The van der Waals surface area contributed by atoms with Crippen LogP contribution in [0.25, 0.3) is 5.65 Å². The van der Waals surface area contributed by atoms with Crippen LogP contribution in [0, 0.1) is 11.3 Å². The number of imidazole rings is 1. The van der Waals surface area contributed by atoms with E-state index in [2.05, 4.69) is 16.4 Å². The molecule has 0 saturated carbocycles. The number of aromatic nitrogens is 2. The number of carbonyl (C=O) groups is 1. The number of nitrogens with one attached hydrogen (secondary N) is 1. The van der Waals surface area contributed by atoms with Crippen molar-refractivity contribution in [2.24, 2.45) is 0 Å². The zero-order valence-electron chi connectivity index (χ0n) is 13.1. The third kappa shape index (κ3) is 3.10. The molecule has 2 heterocycles. The van der Waals surface area contributed by atoms with Gasteiger partial charge < -0.3 is 5.32 Å². The number of carbonyl (C=O) groups excluding carboxylic acids is 1. The number of aryl methyl sites for hydroxylation is 1. The molecule has 1 aromatic carbocycles. The number of rotatable bonds is 4. The predicted molar refractivity (Wildman–Crippen MR) is 91.9 cm³/mol. The van der Waals surface area contributed by atoms with Gasteiger partial charge in [-0.1, -0.05) is 30.7 Å². The predicted octanol–water partition coefficient (Wildman–Crippen LogP) is 3.35. The van der Waals surface area contributed by atoms with E-state index in [9.17, 15) is 4.79 Å². The number of benzene rings is 1. The summed E-state index contributed by atoms with van der Waals surface area (Å²) in [5, 5.41) is 12.3. The fraction of sp³-hybridized carbons (Fsp3) is 0.167. The lowest BCUT2D eigenvalue weighted by molar-refractivity contribution is 0.0944. The number of amides is 1. The Morgan fingerprint density at radius 1 is 1.29 bits per heavy atom. The molecule has 0 saturated heterocycles. The van der Waals surface area contributed by atoms with Crippen LogP contribution in [0.3, 0.4) is 0 Å². The lowest BCUT2D eigenvalue weighted by Gasteiger charge is -2.07. The van der Waals surface area contributed by atoms with E-state index in [0.29, 0.717) is 34.9 Å². The topological polar surface area (TPSA) is 70.2 Å². The van der Waals surface area contributed by atoms with Crippen molar-refractivity contribution in [3.63, 3.8) is 0 Å². The van der Waals surface area contributed by atoms with Crippen LogP contribution in [-0.4, -0.2) is 15.3 Å². The van der Waals surface area contributed by atoms with Crippen molar-refractivity contribution in [1.82, 2.24) is 14.7 Å². The lowest BCUT2D eigenvalue weighted by Crippen LogP contribution is -2.25. The van der Waals surface area contributed by atoms with Crippen molar-refractivity contribution < 1.29 is 4.79 Å². The van der Waals surface area contributed by atoms with Gasteiger partial charge in [0.2, 0.25) is 0 Å². The molecule has 3 aromatic rings. The molecule has 3 rings (SSSR count). The monoisotopic (exact) mass is 338 g/mol. The van der Waals surface area contributed by atoms with E-state index < -0.39 is 0 Å². The largest absolute Gasteiger partial charge is 0.347 e. The fourth-order valence-electron chi connectivity index (χ4n) is 2.52. The van der Waals surface area contributed by atoms with Crippen LogP contribution in [0.5, 0.6) is 0 Å². The Balaban J connectivity index is 1.85. The number of halogens is 1. The normalized spacial score (nSPS) is 10.5. The maximum Gasteiger partial charge on any atom is 0.270 e. The molecule has 0 aliphatic rings. The van der Waals surface area contributed by atoms with Gasteiger partial charge in [0.1, 0.15) is 11.3 Å². The average Bonchev–Trinajstić information content (AvgIpc) is 2.97. The van der Waals surface area contributed by atoms with Crippen molar-refractivity contribution in [3.05, 3.63) is 70.1 Å². The Morgan fingerprint density at radius 2 is 2.04 bits per heavy atom. The van der Waals surface area contributed by atoms with Crippen LogP contribution in [0.1, 0.15) is 34.2 Å². The third-order valence-corrected chi connectivity index (χ3v) is 3.96. The molecule has 0 unspecified atom stereocenters. The molecule has 0 aliphatic carbocycles. The quantitative estimate of drug-likeness (QED) is 0.793. The van der Waals surface area contributed by atoms with Crippen LogP contribution in [0.2, 0.25) is 5.02 Å². The van der Waals surface area contributed by atoms with Crippen molar-refractivity contribution in [2.75, 3.05) is 0 Å². The second-order valence-corrected chi connectivity index (χ2v) is 5.76. The van der Waals surface area contributed by atoms with Gasteiger partial charge in [-0.15, -0.1) is 0 Å². The second kappa shape index (κ2) is 6.73. The molecule has 0 radical (unpaired) electrons. The summed E-state index contributed by atoms with van der Waals surface area (Å²) in [5.41, 5.74) is 3.44.